The molecule has 0 saturated carbocycles. The second-order valence-corrected chi connectivity index (χ2v) is 7.10. The third kappa shape index (κ3) is 12.6. The van der Waals surface area contributed by atoms with Gasteiger partial charge in [-0.25, -0.2) is 0 Å². The summed E-state index contributed by atoms with van der Waals surface area (Å²) >= 11 is 5.96. The van der Waals surface area contributed by atoms with Crippen LogP contribution in [0.3, 0.4) is 0 Å². The minimum atomic E-state index is -0.438. The molecule has 1 rings (SSSR count). The van der Waals surface area contributed by atoms with Gasteiger partial charge in [0, 0.05) is 0 Å². The van der Waals surface area contributed by atoms with Crippen LogP contribution in [0.15, 0.2) is 24.3 Å². The fraction of sp³-hybridized carbons (Fsp3) is 0.636. The largest absolute Gasteiger partial charge is 0.488 e. The van der Waals surface area contributed by atoms with Gasteiger partial charge in [-0.2, -0.15) is 0 Å². The maximum atomic E-state index is 11.6. The molecule has 1 aromatic carbocycles. The summed E-state index contributed by atoms with van der Waals surface area (Å²) in [7, 11) is 0. The zero-order chi connectivity index (χ0) is 20.5. The first-order valence-corrected chi connectivity index (χ1v) is 10.7. The number of esters is 2. The molecule has 0 N–H and O–H groups in total. The molecular formula is C22H33ClO5. The van der Waals surface area contributed by atoms with Crippen LogP contribution in [0.5, 0.6) is 5.75 Å². The zero-order valence-corrected chi connectivity index (χ0v) is 17.7. The summed E-state index contributed by atoms with van der Waals surface area (Å²) in [5, 5.41) is 0.507. The number of unbranched alkanes of at least 4 members (excludes halogenated alkanes) is 7. The lowest BCUT2D eigenvalue weighted by atomic mass is 10.1. The van der Waals surface area contributed by atoms with E-state index < -0.39 is 5.97 Å². The molecule has 0 amide bonds. The van der Waals surface area contributed by atoms with Gasteiger partial charge in [0.25, 0.3) is 0 Å². The number of ether oxygens (including phenoxy) is 3. The molecule has 0 aliphatic heterocycles. The Bertz CT molecular complexity index is 562. The summed E-state index contributed by atoms with van der Waals surface area (Å²) in [6.45, 7) is 2.95. The monoisotopic (exact) mass is 412 g/mol. The molecule has 0 unspecified atom stereocenters. The van der Waals surface area contributed by atoms with Crippen molar-refractivity contribution >= 4 is 23.5 Å². The summed E-state index contributed by atoms with van der Waals surface area (Å²) in [5.41, 5.74) is 0. The van der Waals surface area contributed by atoms with Crippen LogP contribution in [-0.2, 0) is 19.1 Å². The lowest BCUT2D eigenvalue weighted by Crippen LogP contribution is -2.14. The number of carbonyl (C=O) groups is 2. The molecule has 0 aliphatic carbocycles. The van der Waals surface area contributed by atoms with E-state index in [1.807, 2.05) is 12.1 Å². The smallest absolute Gasteiger partial charge is 0.306 e. The van der Waals surface area contributed by atoms with E-state index in [9.17, 15) is 9.59 Å². The van der Waals surface area contributed by atoms with Crippen LogP contribution in [-0.4, -0.2) is 31.8 Å². The molecule has 28 heavy (non-hydrogen) atoms. The van der Waals surface area contributed by atoms with Crippen molar-refractivity contribution in [1.82, 2.24) is 0 Å². The van der Waals surface area contributed by atoms with E-state index in [-0.39, 0.29) is 32.0 Å². The fourth-order valence-corrected chi connectivity index (χ4v) is 2.83. The van der Waals surface area contributed by atoms with Gasteiger partial charge >= 0.3 is 11.9 Å². The van der Waals surface area contributed by atoms with Gasteiger partial charge in [0.2, 0.25) is 0 Å². The van der Waals surface area contributed by atoms with Crippen LogP contribution in [0.2, 0.25) is 5.02 Å². The summed E-state index contributed by atoms with van der Waals surface area (Å²) in [6, 6.07) is 7.09. The number of benzene rings is 1. The number of hydrogen-bond acceptors (Lipinski definition) is 5. The fourth-order valence-electron chi connectivity index (χ4n) is 2.64. The Morgan fingerprint density at radius 3 is 2.00 bits per heavy atom. The quantitative estimate of drug-likeness (QED) is 0.256. The van der Waals surface area contributed by atoms with Crippen molar-refractivity contribution in [1.29, 1.82) is 0 Å². The number of carbonyl (C=O) groups excluding carboxylic acids is 2. The van der Waals surface area contributed by atoms with Crippen molar-refractivity contribution < 1.29 is 23.8 Å². The number of halogens is 1. The summed E-state index contributed by atoms with van der Waals surface area (Å²) < 4.78 is 15.6. The average Bonchev–Trinajstić information content (AvgIpc) is 2.69. The van der Waals surface area contributed by atoms with Gasteiger partial charge in [-0.1, -0.05) is 75.6 Å². The minimum absolute atomic E-state index is 0.0162. The molecule has 0 radical (unpaired) electrons. The summed E-state index contributed by atoms with van der Waals surface area (Å²) in [5.74, 6) is -0.247. The second kappa shape index (κ2) is 16.2. The topological polar surface area (TPSA) is 61.8 Å². The number of hydrogen-bond donors (Lipinski definition) is 0. The molecule has 0 aliphatic rings. The Labute approximate surface area is 173 Å². The molecule has 158 valence electrons. The highest BCUT2D eigenvalue weighted by molar-refractivity contribution is 6.32. The molecule has 0 aromatic heterocycles. The first-order chi connectivity index (χ1) is 13.6. The standard InChI is InChI=1S/C22H33ClO5/c1-2-3-4-5-6-7-8-11-16-27-21(24)14-15-22(25)28-18-17-26-20-13-10-9-12-19(20)23/h9-10,12-13H,2-8,11,14-18H2,1H3. The highest BCUT2D eigenvalue weighted by Gasteiger charge is 2.09. The molecule has 6 heteroatoms. The number of para-hydroxylation sites is 1. The molecule has 0 saturated heterocycles. The van der Waals surface area contributed by atoms with Crippen molar-refractivity contribution in [2.24, 2.45) is 0 Å². The molecule has 5 nitrogen and oxygen atoms in total. The third-order valence-corrected chi connectivity index (χ3v) is 4.55. The Morgan fingerprint density at radius 1 is 0.786 bits per heavy atom. The molecule has 0 atom stereocenters. The van der Waals surface area contributed by atoms with E-state index in [0.29, 0.717) is 17.4 Å². The Morgan fingerprint density at radius 2 is 1.36 bits per heavy atom. The lowest BCUT2D eigenvalue weighted by molar-refractivity contribution is -0.150. The van der Waals surface area contributed by atoms with Crippen LogP contribution >= 0.6 is 11.6 Å². The molecule has 0 spiro atoms. The van der Waals surface area contributed by atoms with Crippen molar-refractivity contribution in [3.05, 3.63) is 29.3 Å². The summed E-state index contributed by atoms with van der Waals surface area (Å²) in [4.78, 5) is 23.3. The Kier molecular flexibility index (Phi) is 14.1. The lowest BCUT2D eigenvalue weighted by Gasteiger charge is -2.08. The second-order valence-electron chi connectivity index (χ2n) is 6.69. The first kappa shape index (κ1) is 24.3. The third-order valence-electron chi connectivity index (χ3n) is 4.23. The van der Waals surface area contributed by atoms with E-state index in [2.05, 4.69) is 6.92 Å². The van der Waals surface area contributed by atoms with Crippen LogP contribution in [0.25, 0.3) is 0 Å². The first-order valence-electron chi connectivity index (χ1n) is 10.3. The van der Waals surface area contributed by atoms with Gasteiger partial charge in [-0.3, -0.25) is 9.59 Å². The number of rotatable bonds is 16. The Balaban J connectivity index is 1.94. The van der Waals surface area contributed by atoms with Crippen molar-refractivity contribution in [2.75, 3.05) is 19.8 Å². The van der Waals surface area contributed by atoms with Gasteiger partial charge in [-0.15, -0.1) is 0 Å². The van der Waals surface area contributed by atoms with Gasteiger partial charge in [-0.05, 0) is 18.6 Å². The van der Waals surface area contributed by atoms with Gasteiger partial charge in [0.05, 0.1) is 24.5 Å². The highest BCUT2D eigenvalue weighted by atomic mass is 35.5. The molecule has 1 aromatic rings. The van der Waals surface area contributed by atoms with E-state index in [0.717, 1.165) is 12.8 Å². The van der Waals surface area contributed by atoms with Crippen LogP contribution in [0.1, 0.15) is 71.1 Å². The molecule has 0 fully saturated rings. The normalized spacial score (nSPS) is 10.5. The maximum absolute atomic E-state index is 11.6. The van der Waals surface area contributed by atoms with Gasteiger partial charge < -0.3 is 14.2 Å². The van der Waals surface area contributed by atoms with Crippen molar-refractivity contribution in [3.63, 3.8) is 0 Å². The molecular weight excluding hydrogens is 380 g/mol. The molecule has 0 heterocycles. The zero-order valence-electron chi connectivity index (χ0n) is 16.9. The maximum Gasteiger partial charge on any atom is 0.306 e. The van der Waals surface area contributed by atoms with Gasteiger partial charge in [0.1, 0.15) is 19.0 Å². The van der Waals surface area contributed by atoms with E-state index in [1.54, 1.807) is 12.1 Å². The predicted molar refractivity (Wildman–Crippen MR) is 111 cm³/mol. The van der Waals surface area contributed by atoms with Crippen LogP contribution in [0, 0.1) is 0 Å². The van der Waals surface area contributed by atoms with E-state index in [4.69, 9.17) is 25.8 Å². The van der Waals surface area contributed by atoms with Crippen molar-refractivity contribution in [3.8, 4) is 5.75 Å². The Hall–Kier alpha value is -1.75. The highest BCUT2D eigenvalue weighted by Crippen LogP contribution is 2.22. The van der Waals surface area contributed by atoms with Crippen LogP contribution < -0.4 is 4.74 Å². The molecule has 0 bridgehead atoms. The SMILES string of the molecule is CCCCCCCCCCOC(=O)CCC(=O)OCCOc1ccccc1Cl. The van der Waals surface area contributed by atoms with Crippen LogP contribution in [0.4, 0.5) is 0 Å². The average molecular weight is 413 g/mol. The predicted octanol–water partition coefficient (Wildman–Crippen LogP) is 5.73. The minimum Gasteiger partial charge on any atom is -0.488 e. The summed E-state index contributed by atoms with van der Waals surface area (Å²) in [6.07, 6.45) is 9.63. The van der Waals surface area contributed by atoms with Gasteiger partial charge in [0.15, 0.2) is 0 Å². The van der Waals surface area contributed by atoms with E-state index in [1.165, 1.54) is 38.5 Å². The van der Waals surface area contributed by atoms with E-state index >= 15 is 0 Å². The van der Waals surface area contributed by atoms with Crippen molar-refractivity contribution in [2.45, 2.75) is 71.1 Å².